The minimum atomic E-state index is -0.325. The van der Waals surface area contributed by atoms with Crippen LogP contribution >= 0.6 is 0 Å². The second kappa shape index (κ2) is 12.4. The fourth-order valence-electron chi connectivity index (χ4n) is 2.87. The van der Waals surface area contributed by atoms with Crippen LogP contribution in [0.25, 0.3) is 0 Å². The molecule has 0 spiro atoms. The molecule has 156 valence electrons. The molecule has 1 fully saturated rings. The third-order valence-corrected chi connectivity index (χ3v) is 4.31. The number of nitrogens with zero attached hydrogens (tertiary/aromatic N) is 1. The van der Waals surface area contributed by atoms with Crippen LogP contribution in [0.2, 0.25) is 0 Å². The first-order chi connectivity index (χ1) is 13.6. The molecule has 0 aromatic heterocycles. The number of carbonyl (C=O) groups is 1. The third kappa shape index (κ3) is 8.27. The first kappa shape index (κ1) is 22.2. The van der Waals surface area contributed by atoms with Crippen LogP contribution in [-0.2, 0) is 20.8 Å². The molecule has 1 heterocycles. The standard InChI is InChI=1S/C21H34N4O3/c1-16(2)15-27-11-6-10-23-21(22-3)24-14-17-7-4-8-18(13-17)25-20(26)19-9-5-12-28-19/h4,7-8,13,16,19H,5-6,9-12,14-15H2,1-3H3,(H,25,26)(H2,22,23,24). The fourth-order valence-corrected chi connectivity index (χ4v) is 2.87. The van der Waals surface area contributed by atoms with Crippen molar-refractivity contribution >= 4 is 17.6 Å². The van der Waals surface area contributed by atoms with E-state index >= 15 is 0 Å². The van der Waals surface area contributed by atoms with E-state index in [0.29, 0.717) is 19.1 Å². The number of hydrogen-bond donors (Lipinski definition) is 3. The molecule has 7 nitrogen and oxygen atoms in total. The molecule has 0 saturated carbocycles. The van der Waals surface area contributed by atoms with Crippen LogP contribution in [-0.4, -0.2) is 51.4 Å². The summed E-state index contributed by atoms with van der Waals surface area (Å²) < 4.78 is 11.0. The highest BCUT2D eigenvalue weighted by molar-refractivity contribution is 5.94. The zero-order chi connectivity index (χ0) is 20.2. The van der Waals surface area contributed by atoms with Crippen molar-refractivity contribution in [2.75, 3.05) is 38.7 Å². The van der Waals surface area contributed by atoms with Crippen molar-refractivity contribution in [3.8, 4) is 0 Å². The molecule has 1 aliphatic rings. The van der Waals surface area contributed by atoms with Gasteiger partial charge in [-0.05, 0) is 42.9 Å². The van der Waals surface area contributed by atoms with Gasteiger partial charge in [0.25, 0.3) is 5.91 Å². The lowest BCUT2D eigenvalue weighted by atomic mass is 10.2. The highest BCUT2D eigenvalue weighted by Crippen LogP contribution is 2.16. The average molecular weight is 391 g/mol. The monoisotopic (exact) mass is 390 g/mol. The van der Waals surface area contributed by atoms with Crippen LogP contribution in [0, 0.1) is 5.92 Å². The van der Waals surface area contributed by atoms with E-state index in [1.165, 1.54) is 0 Å². The smallest absolute Gasteiger partial charge is 0.253 e. The Morgan fingerprint density at radius 1 is 1.36 bits per heavy atom. The second-order valence-electron chi connectivity index (χ2n) is 7.37. The summed E-state index contributed by atoms with van der Waals surface area (Å²) in [6.07, 6.45) is 2.34. The number of carbonyl (C=O) groups excluding carboxylic acids is 1. The molecule has 1 amide bonds. The van der Waals surface area contributed by atoms with Crippen LogP contribution < -0.4 is 16.0 Å². The van der Waals surface area contributed by atoms with Crippen LogP contribution in [0.4, 0.5) is 5.69 Å². The van der Waals surface area contributed by atoms with Crippen LogP contribution in [0.3, 0.4) is 0 Å². The summed E-state index contributed by atoms with van der Waals surface area (Å²) in [5.41, 5.74) is 1.85. The Morgan fingerprint density at radius 3 is 2.93 bits per heavy atom. The minimum Gasteiger partial charge on any atom is -0.381 e. The minimum absolute atomic E-state index is 0.0697. The molecule has 1 unspecified atom stereocenters. The molecule has 0 aliphatic carbocycles. The molecule has 2 rings (SSSR count). The lowest BCUT2D eigenvalue weighted by molar-refractivity contribution is -0.124. The molecular formula is C21H34N4O3. The predicted octanol–water partition coefficient (Wildman–Crippen LogP) is 2.53. The van der Waals surface area contributed by atoms with E-state index in [1.807, 2.05) is 24.3 Å². The van der Waals surface area contributed by atoms with E-state index in [2.05, 4.69) is 34.8 Å². The number of hydrogen-bond acceptors (Lipinski definition) is 4. The van der Waals surface area contributed by atoms with Crippen molar-refractivity contribution in [2.45, 2.75) is 45.8 Å². The number of benzene rings is 1. The number of guanidine groups is 1. The molecule has 28 heavy (non-hydrogen) atoms. The largest absolute Gasteiger partial charge is 0.381 e. The maximum absolute atomic E-state index is 12.2. The SMILES string of the molecule is CN=C(NCCCOCC(C)C)NCc1cccc(NC(=O)C2CCCO2)c1. The third-order valence-electron chi connectivity index (χ3n) is 4.31. The molecule has 1 aliphatic heterocycles. The number of aliphatic imine (C=N–C) groups is 1. The molecule has 1 saturated heterocycles. The van der Waals surface area contributed by atoms with Crippen molar-refractivity contribution in [3.05, 3.63) is 29.8 Å². The number of amides is 1. The summed E-state index contributed by atoms with van der Waals surface area (Å²) in [5.74, 6) is 1.24. The molecule has 1 aromatic rings. The summed E-state index contributed by atoms with van der Waals surface area (Å²) >= 11 is 0. The summed E-state index contributed by atoms with van der Waals surface area (Å²) in [6, 6.07) is 7.81. The van der Waals surface area contributed by atoms with E-state index in [1.54, 1.807) is 7.05 Å². The van der Waals surface area contributed by atoms with Crippen LogP contribution in [0.5, 0.6) is 0 Å². The van der Waals surface area contributed by atoms with E-state index < -0.39 is 0 Å². The average Bonchev–Trinajstić information content (AvgIpc) is 3.22. The van der Waals surface area contributed by atoms with E-state index in [9.17, 15) is 4.79 Å². The molecule has 1 aromatic carbocycles. The Kier molecular flexibility index (Phi) is 9.79. The van der Waals surface area contributed by atoms with Gasteiger partial charge in [0, 0.05) is 45.6 Å². The Bertz CT molecular complexity index is 628. The zero-order valence-corrected chi connectivity index (χ0v) is 17.3. The Hall–Kier alpha value is -2.12. The second-order valence-corrected chi connectivity index (χ2v) is 7.37. The number of anilines is 1. The van der Waals surface area contributed by atoms with Crippen molar-refractivity contribution in [1.29, 1.82) is 0 Å². The predicted molar refractivity (Wildman–Crippen MR) is 113 cm³/mol. The number of nitrogens with one attached hydrogen (secondary N) is 3. The lowest BCUT2D eigenvalue weighted by Gasteiger charge is -2.14. The Morgan fingerprint density at radius 2 is 2.21 bits per heavy atom. The maximum Gasteiger partial charge on any atom is 0.253 e. The molecule has 7 heteroatoms. The molecule has 1 atom stereocenters. The first-order valence-corrected chi connectivity index (χ1v) is 10.1. The van der Waals surface area contributed by atoms with Gasteiger partial charge in [-0.15, -0.1) is 0 Å². The molecule has 3 N–H and O–H groups in total. The van der Waals surface area contributed by atoms with E-state index in [-0.39, 0.29) is 12.0 Å². The highest BCUT2D eigenvalue weighted by atomic mass is 16.5. The number of rotatable bonds is 10. The van der Waals surface area contributed by atoms with E-state index in [0.717, 1.165) is 56.2 Å². The van der Waals surface area contributed by atoms with Gasteiger partial charge in [-0.1, -0.05) is 26.0 Å². The van der Waals surface area contributed by atoms with Crippen molar-refractivity contribution in [3.63, 3.8) is 0 Å². The van der Waals surface area contributed by atoms with Gasteiger partial charge < -0.3 is 25.4 Å². The summed E-state index contributed by atoms with van der Waals surface area (Å²) in [6.45, 7) is 7.92. The van der Waals surface area contributed by atoms with Crippen molar-refractivity contribution in [2.24, 2.45) is 10.9 Å². The van der Waals surface area contributed by atoms with Gasteiger partial charge in [0.15, 0.2) is 5.96 Å². The van der Waals surface area contributed by atoms with Gasteiger partial charge >= 0.3 is 0 Å². The maximum atomic E-state index is 12.2. The summed E-state index contributed by atoms with van der Waals surface area (Å²) in [7, 11) is 1.75. The quantitative estimate of drug-likeness (QED) is 0.325. The topological polar surface area (TPSA) is 84.0 Å². The van der Waals surface area contributed by atoms with Gasteiger partial charge in [-0.25, -0.2) is 0 Å². The van der Waals surface area contributed by atoms with Crippen LogP contribution in [0.1, 0.15) is 38.7 Å². The van der Waals surface area contributed by atoms with Gasteiger partial charge in [-0.3, -0.25) is 9.79 Å². The van der Waals surface area contributed by atoms with Gasteiger partial charge in [0.1, 0.15) is 6.10 Å². The van der Waals surface area contributed by atoms with Crippen molar-refractivity contribution < 1.29 is 14.3 Å². The Balaban J connectivity index is 1.71. The zero-order valence-electron chi connectivity index (χ0n) is 17.3. The molecule has 0 bridgehead atoms. The van der Waals surface area contributed by atoms with E-state index in [4.69, 9.17) is 9.47 Å². The normalized spacial score (nSPS) is 17.0. The van der Waals surface area contributed by atoms with Crippen LogP contribution in [0.15, 0.2) is 29.3 Å². The Labute approximate surface area is 168 Å². The molecular weight excluding hydrogens is 356 g/mol. The number of ether oxygens (including phenoxy) is 2. The summed E-state index contributed by atoms with van der Waals surface area (Å²) in [4.78, 5) is 16.4. The summed E-state index contributed by atoms with van der Waals surface area (Å²) in [5, 5.41) is 9.51. The molecule has 0 radical (unpaired) electrons. The van der Waals surface area contributed by atoms with Gasteiger partial charge in [0.05, 0.1) is 0 Å². The first-order valence-electron chi connectivity index (χ1n) is 10.1. The lowest BCUT2D eigenvalue weighted by Crippen LogP contribution is -2.37. The van der Waals surface area contributed by atoms with Crippen molar-refractivity contribution in [1.82, 2.24) is 10.6 Å². The fraction of sp³-hybridized carbons (Fsp3) is 0.619. The highest BCUT2D eigenvalue weighted by Gasteiger charge is 2.23. The van der Waals surface area contributed by atoms with Gasteiger partial charge in [-0.2, -0.15) is 0 Å². The van der Waals surface area contributed by atoms with Gasteiger partial charge in [0.2, 0.25) is 0 Å².